The van der Waals surface area contributed by atoms with Crippen molar-refractivity contribution in [3.8, 4) is 5.75 Å². The van der Waals surface area contributed by atoms with Crippen molar-refractivity contribution in [1.29, 1.82) is 0 Å². The van der Waals surface area contributed by atoms with Crippen LogP contribution in [0.5, 0.6) is 5.75 Å². The zero-order valence-corrected chi connectivity index (χ0v) is 10.0. The van der Waals surface area contributed by atoms with Crippen molar-refractivity contribution in [2.45, 2.75) is 5.92 Å². The Morgan fingerprint density at radius 2 is 2.00 bits per heavy atom. The molecule has 0 aromatic heterocycles. The average molecular weight is 236 g/mol. The van der Waals surface area contributed by atoms with Crippen molar-refractivity contribution < 1.29 is 9.84 Å². The van der Waals surface area contributed by atoms with Crippen LogP contribution in [0.15, 0.2) is 24.3 Å². The van der Waals surface area contributed by atoms with Crippen molar-refractivity contribution in [3.63, 3.8) is 0 Å². The molecule has 1 saturated heterocycles. The summed E-state index contributed by atoms with van der Waals surface area (Å²) in [7, 11) is 0. The number of hydrogen-bond acceptors (Lipinski definition) is 4. The fraction of sp³-hybridized carbons (Fsp3) is 0.538. The number of morpholine rings is 1. The highest BCUT2D eigenvalue weighted by molar-refractivity contribution is 5.35. The topological polar surface area (TPSA) is 58.7 Å². The van der Waals surface area contributed by atoms with Crippen molar-refractivity contribution in [3.05, 3.63) is 29.8 Å². The molecule has 3 N–H and O–H groups in total. The molecular formula is C13H20N2O2. The molecule has 17 heavy (non-hydrogen) atoms. The summed E-state index contributed by atoms with van der Waals surface area (Å²) in [4.78, 5) is 2.34. The van der Waals surface area contributed by atoms with E-state index in [9.17, 15) is 5.11 Å². The third kappa shape index (κ3) is 3.19. The third-order valence-electron chi connectivity index (χ3n) is 3.24. The van der Waals surface area contributed by atoms with Gasteiger partial charge in [0.15, 0.2) is 0 Å². The monoisotopic (exact) mass is 236 g/mol. The molecule has 1 unspecified atom stereocenters. The Hall–Kier alpha value is -1.10. The molecule has 2 rings (SSSR count). The molecule has 1 aromatic rings. The highest BCUT2D eigenvalue weighted by Crippen LogP contribution is 2.25. The lowest BCUT2D eigenvalue weighted by Gasteiger charge is -2.30. The second-order valence-corrected chi connectivity index (χ2v) is 4.40. The van der Waals surface area contributed by atoms with Gasteiger partial charge < -0.3 is 15.6 Å². The van der Waals surface area contributed by atoms with Crippen molar-refractivity contribution in [2.75, 3.05) is 39.4 Å². The van der Waals surface area contributed by atoms with E-state index in [2.05, 4.69) is 4.90 Å². The smallest absolute Gasteiger partial charge is 0.119 e. The Labute approximate surface area is 102 Å². The van der Waals surface area contributed by atoms with E-state index in [1.165, 1.54) is 0 Å². The van der Waals surface area contributed by atoms with Crippen molar-refractivity contribution in [2.24, 2.45) is 5.73 Å². The van der Waals surface area contributed by atoms with Gasteiger partial charge in [0.25, 0.3) is 0 Å². The molecule has 0 bridgehead atoms. The van der Waals surface area contributed by atoms with Gasteiger partial charge in [-0.25, -0.2) is 0 Å². The molecule has 1 aliphatic heterocycles. The van der Waals surface area contributed by atoms with E-state index in [-0.39, 0.29) is 5.92 Å². The van der Waals surface area contributed by atoms with Crippen LogP contribution in [0, 0.1) is 0 Å². The molecule has 4 nitrogen and oxygen atoms in total. The lowest BCUT2D eigenvalue weighted by Crippen LogP contribution is -2.40. The van der Waals surface area contributed by atoms with Crippen LogP contribution in [-0.2, 0) is 4.74 Å². The number of ether oxygens (including phenoxy) is 1. The zero-order chi connectivity index (χ0) is 12.1. The molecule has 0 spiro atoms. The van der Waals surface area contributed by atoms with Crippen molar-refractivity contribution >= 4 is 0 Å². The predicted octanol–water partition coefficient (Wildman–Crippen LogP) is 0.767. The lowest BCUT2D eigenvalue weighted by atomic mass is 9.97. The van der Waals surface area contributed by atoms with E-state index in [1.54, 1.807) is 6.07 Å². The van der Waals surface area contributed by atoms with Gasteiger partial charge in [0.05, 0.1) is 13.2 Å². The maximum absolute atomic E-state index is 9.84. The van der Waals surface area contributed by atoms with Gasteiger partial charge in [0, 0.05) is 32.1 Å². The van der Waals surface area contributed by atoms with E-state index in [0.717, 1.165) is 38.4 Å². The Morgan fingerprint density at radius 1 is 1.29 bits per heavy atom. The predicted molar refractivity (Wildman–Crippen MR) is 67.2 cm³/mol. The normalized spacial score (nSPS) is 19.1. The lowest BCUT2D eigenvalue weighted by molar-refractivity contribution is 0.0352. The van der Waals surface area contributed by atoms with Crippen LogP contribution in [0.25, 0.3) is 0 Å². The highest BCUT2D eigenvalue weighted by Gasteiger charge is 2.19. The van der Waals surface area contributed by atoms with Crippen LogP contribution in [0.4, 0.5) is 0 Å². The number of hydrogen-bond donors (Lipinski definition) is 2. The second-order valence-electron chi connectivity index (χ2n) is 4.40. The van der Waals surface area contributed by atoms with E-state index in [4.69, 9.17) is 10.5 Å². The Bertz CT molecular complexity index is 351. The SMILES string of the molecule is NCC(CN1CCOCC1)c1ccccc1O. The molecule has 0 radical (unpaired) electrons. The second kappa shape index (κ2) is 6.00. The summed E-state index contributed by atoms with van der Waals surface area (Å²) >= 11 is 0. The van der Waals surface area contributed by atoms with Crippen molar-refractivity contribution in [1.82, 2.24) is 4.90 Å². The summed E-state index contributed by atoms with van der Waals surface area (Å²) in [5.74, 6) is 0.533. The number of benzene rings is 1. The van der Waals surface area contributed by atoms with Gasteiger partial charge in [-0.1, -0.05) is 18.2 Å². The van der Waals surface area contributed by atoms with E-state index in [1.807, 2.05) is 18.2 Å². The highest BCUT2D eigenvalue weighted by atomic mass is 16.5. The molecule has 1 heterocycles. The van der Waals surface area contributed by atoms with Crippen LogP contribution in [0.2, 0.25) is 0 Å². The summed E-state index contributed by atoms with van der Waals surface area (Å²) < 4.78 is 5.32. The van der Waals surface area contributed by atoms with Gasteiger partial charge in [0.2, 0.25) is 0 Å². The minimum absolute atomic E-state index is 0.189. The molecule has 0 aliphatic carbocycles. The van der Waals surface area contributed by atoms with Crippen LogP contribution < -0.4 is 5.73 Å². The first-order chi connectivity index (χ1) is 8.31. The van der Waals surface area contributed by atoms with Gasteiger partial charge >= 0.3 is 0 Å². The molecule has 94 valence electrons. The first kappa shape index (κ1) is 12.4. The van der Waals surface area contributed by atoms with Gasteiger partial charge in [-0.05, 0) is 11.6 Å². The van der Waals surface area contributed by atoms with Gasteiger partial charge in [-0.15, -0.1) is 0 Å². The van der Waals surface area contributed by atoms with Crippen LogP contribution in [-0.4, -0.2) is 49.4 Å². The van der Waals surface area contributed by atoms with Crippen LogP contribution in [0.3, 0.4) is 0 Å². The Kier molecular flexibility index (Phi) is 4.36. The molecular weight excluding hydrogens is 216 g/mol. The molecule has 0 amide bonds. The molecule has 1 fully saturated rings. The molecule has 1 aliphatic rings. The summed E-state index contributed by atoms with van der Waals surface area (Å²) in [5.41, 5.74) is 6.77. The summed E-state index contributed by atoms with van der Waals surface area (Å²) in [6.45, 7) is 4.91. The largest absolute Gasteiger partial charge is 0.508 e. The minimum atomic E-state index is 0.189. The number of nitrogens with zero attached hydrogens (tertiary/aromatic N) is 1. The molecule has 4 heteroatoms. The minimum Gasteiger partial charge on any atom is -0.508 e. The average Bonchev–Trinajstić information content (AvgIpc) is 2.38. The molecule has 1 aromatic carbocycles. The first-order valence-corrected chi connectivity index (χ1v) is 6.09. The Balaban J connectivity index is 2.03. The summed E-state index contributed by atoms with van der Waals surface area (Å²) in [6, 6.07) is 7.45. The number of rotatable bonds is 4. The maximum Gasteiger partial charge on any atom is 0.119 e. The van der Waals surface area contributed by atoms with E-state index < -0.39 is 0 Å². The Morgan fingerprint density at radius 3 is 2.65 bits per heavy atom. The zero-order valence-electron chi connectivity index (χ0n) is 10.0. The number of para-hydroxylation sites is 1. The number of phenolic OH excluding ortho intramolecular Hbond substituents is 1. The maximum atomic E-state index is 9.84. The molecule has 1 atom stereocenters. The van der Waals surface area contributed by atoms with E-state index in [0.29, 0.717) is 12.3 Å². The molecule has 0 saturated carbocycles. The number of nitrogens with two attached hydrogens (primary N) is 1. The fourth-order valence-corrected chi connectivity index (χ4v) is 2.23. The van der Waals surface area contributed by atoms with Gasteiger partial charge in [-0.2, -0.15) is 0 Å². The third-order valence-corrected chi connectivity index (χ3v) is 3.24. The van der Waals surface area contributed by atoms with Gasteiger partial charge in [-0.3, -0.25) is 4.90 Å². The standard InChI is InChI=1S/C13H20N2O2/c14-9-11(10-15-5-7-17-8-6-15)12-3-1-2-4-13(12)16/h1-4,11,16H,5-10,14H2. The summed E-state index contributed by atoms with van der Waals surface area (Å²) in [5, 5.41) is 9.84. The fourth-order valence-electron chi connectivity index (χ4n) is 2.23. The van der Waals surface area contributed by atoms with Gasteiger partial charge in [0.1, 0.15) is 5.75 Å². The number of phenols is 1. The van der Waals surface area contributed by atoms with Crippen LogP contribution >= 0.6 is 0 Å². The van der Waals surface area contributed by atoms with E-state index >= 15 is 0 Å². The summed E-state index contributed by atoms with van der Waals surface area (Å²) in [6.07, 6.45) is 0. The first-order valence-electron chi connectivity index (χ1n) is 6.09. The number of aromatic hydroxyl groups is 1. The van der Waals surface area contributed by atoms with Crippen LogP contribution in [0.1, 0.15) is 11.5 Å². The quantitative estimate of drug-likeness (QED) is 0.810.